The van der Waals surface area contributed by atoms with Crippen molar-refractivity contribution in [1.29, 1.82) is 0 Å². The lowest BCUT2D eigenvalue weighted by molar-refractivity contribution is 0.0999. The molecule has 0 unspecified atom stereocenters. The summed E-state index contributed by atoms with van der Waals surface area (Å²) in [5.74, 6) is -0.0808. The Labute approximate surface area is 185 Å². The zero-order chi connectivity index (χ0) is 22.4. The van der Waals surface area contributed by atoms with Crippen molar-refractivity contribution >= 4 is 5.91 Å². The van der Waals surface area contributed by atoms with Crippen LogP contribution < -0.4 is 5.73 Å². The molecule has 0 spiro atoms. The van der Waals surface area contributed by atoms with Crippen molar-refractivity contribution in [3.05, 3.63) is 46.9 Å². The first-order valence-electron chi connectivity index (χ1n) is 11.8. The molecule has 5 heteroatoms. The first kappa shape index (κ1) is 23.5. The zero-order valence-corrected chi connectivity index (χ0v) is 19.0. The van der Waals surface area contributed by atoms with Crippen molar-refractivity contribution < 1.29 is 14.3 Å². The SMILES string of the molecule is Cc1ccc(F)cc1-c1cc(C(N)=O)c(C)n1CC1CCCCC1.OC1CCCCC1. The van der Waals surface area contributed by atoms with E-state index in [2.05, 4.69) is 4.57 Å². The minimum atomic E-state index is -0.426. The molecule has 1 heterocycles. The Bertz CT molecular complexity index is 878. The van der Waals surface area contributed by atoms with Gasteiger partial charge >= 0.3 is 0 Å². The summed E-state index contributed by atoms with van der Waals surface area (Å²) in [6, 6.07) is 6.62. The lowest BCUT2D eigenvalue weighted by Crippen LogP contribution is -2.17. The summed E-state index contributed by atoms with van der Waals surface area (Å²) in [4.78, 5) is 11.8. The van der Waals surface area contributed by atoms with Crippen LogP contribution in [0.15, 0.2) is 24.3 Å². The van der Waals surface area contributed by atoms with Gasteiger partial charge in [0.2, 0.25) is 0 Å². The van der Waals surface area contributed by atoms with E-state index in [-0.39, 0.29) is 11.9 Å². The van der Waals surface area contributed by atoms with Crippen LogP contribution in [0.5, 0.6) is 0 Å². The van der Waals surface area contributed by atoms with Gasteiger partial charge in [-0.3, -0.25) is 4.79 Å². The Morgan fingerprint density at radius 1 is 1.03 bits per heavy atom. The Morgan fingerprint density at radius 3 is 2.19 bits per heavy atom. The third kappa shape index (κ3) is 6.19. The number of carbonyl (C=O) groups excluding carboxylic acids is 1. The predicted octanol–water partition coefficient (Wildman–Crippen LogP) is 5.90. The zero-order valence-electron chi connectivity index (χ0n) is 19.0. The van der Waals surface area contributed by atoms with Crippen LogP contribution in [0, 0.1) is 25.6 Å². The lowest BCUT2D eigenvalue weighted by atomic mass is 9.89. The van der Waals surface area contributed by atoms with Gasteiger partial charge in [-0.05, 0) is 69.2 Å². The van der Waals surface area contributed by atoms with Gasteiger partial charge in [-0.25, -0.2) is 4.39 Å². The van der Waals surface area contributed by atoms with Gasteiger partial charge in [-0.2, -0.15) is 0 Å². The molecule has 1 aromatic carbocycles. The molecule has 4 nitrogen and oxygen atoms in total. The van der Waals surface area contributed by atoms with E-state index < -0.39 is 5.91 Å². The van der Waals surface area contributed by atoms with Gasteiger partial charge in [-0.15, -0.1) is 0 Å². The van der Waals surface area contributed by atoms with Gasteiger partial charge in [0.25, 0.3) is 5.91 Å². The highest BCUT2D eigenvalue weighted by atomic mass is 19.1. The van der Waals surface area contributed by atoms with Crippen LogP contribution in [0.3, 0.4) is 0 Å². The second-order valence-corrected chi connectivity index (χ2v) is 9.26. The average Bonchev–Trinajstić information content (AvgIpc) is 3.08. The van der Waals surface area contributed by atoms with E-state index in [1.165, 1.54) is 57.4 Å². The molecule has 0 atom stereocenters. The van der Waals surface area contributed by atoms with E-state index in [0.29, 0.717) is 11.5 Å². The fraction of sp³-hybridized carbons (Fsp3) is 0.577. The van der Waals surface area contributed by atoms with Gasteiger partial charge in [0.1, 0.15) is 5.82 Å². The third-order valence-electron chi connectivity index (χ3n) is 6.85. The largest absolute Gasteiger partial charge is 0.393 e. The number of hydrogen-bond acceptors (Lipinski definition) is 2. The van der Waals surface area contributed by atoms with Gasteiger partial charge in [0, 0.05) is 23.5 Å². The summed E-state index contributed by atoms with van der Waals surface area (Å²) in [6.45, 7) is 4.76. The molecule has 2 saturated carbocycles. The maximum Gasteiger partial charge on any atom is 0.250 e. The van der Waals surface area contributed by atoms with Crippen LogP contribution >= 0.6 is 0 Å². The molecule has 0 aliphatic heterocycles. The fourth-order valence-corrected chi connectivity index (χ4v) is 4.93. The van der Waals surface area contributed by atoms with Crippen LogP contribution in [0.25, 0.3) is 11.3 Å². The molecule has 2 aliphatic carbocycles. The number of aryl methyl sites for hydroxylation is 1. The predicted molar refractivity (Wildman–Crippen MR) is 123 cm³/mol. The topological polar surface area (TPSA) is 68.2 Å². The summed E-state index contributed by atoms with van der Waals surface area (Å²) in [7, 11) is 0. The summed E-state index contributed by atoms with van der Waals surface area (Å²) in [5.41, 5.74) is 9.69. The molecule has 31 heavy (non-hydrogen) atoms. The standard InChI is InChI=1S/C20H25FN2O.C6H12O/c1-13-8-9-16(21)10-17(13)19-11-18(20(22)24)14(2)23(19)12-15-6-4-3-5-7-15;7-6-4-2-1-3-5-6/h8-11,15H,3-7,12H2,1-2H3,(H2,22,24);6-7H,1-5H2. The first-order chi connectivity index (χ1) is 14.9. The number of nitrogens with zero attached hydrogens (tertiary/aromatic N) is 1. The Kier molecular flexibility index (Phi) is 8.30. The number of nitrogens with two attached hydrogens (primary N) is 1. The molecular formula is C26H37FN2O2. The number of primary amides is 1. The van der Waals surface area contributed by atoms with E-state index in [1.54, 1.807) is 12.1 Å². The smallest absolute Gasteiger partial charge is 0.250 e. The van der Waals surface area contributed by atoms with Gasteiger partial charge in [-0.1, -0.05) is 44.6 Å². The highest BCUT2D eigenvalue weighted by molar-refractivity contribution is 5.95. The van der Waals surface area contributed by atoms with Crippen molar-refractivity contribution in [2.45, 2.75) is 90.7 Å². The number of amides is 1. The highest BCUT2D eigenvalue weighted by Crippen LogP contribution is 2.32. The molecule has 3 N–H and O–H groups in total. The molecule has 0 saturated heterocycles. The number of hydrogen-bond donors (Lipinski definition) is 2. The van der Waals surface area contributed by atoms with Crippen molar-refractivity contribution in [1.82, 2.24) is 4.57 Å². The van der Waals surface area contributed by atoms with Gasteiger partial charge in [0.15, 0.2) is 0 Å². The van der Waals surface area contributed by atoms with Crippen LogP contribution in [0.2, 0.25) is 0 Å². The number of carbonyl (C=O) groups is 1. The first-order valence-corrected chi connectivity index (χ1v) is 11.8. The molecular weight excluding hydrogens is 391 g/mol. The van der Waals surface area contributed by atoms with Crippen molar-refractivity contribution in [2.24, 2.45) is 11.7 Å². The number of aliphatic hydroxyl groups excluding tert-OH is 1. The second kappa shape index (κ2) is 10.9. The molecule has 0 radical (unpaired) electrons. The Morgan fingerprint density at radius 2 is 1.65 bits per heavy atom. The van der Waals surface area contributed by atoms with E-state index in [9.17, 15) is 9.18 Å². The number of aliphatic hydroxyl groups is 1. The van der Waals surface area contributed by atoms with E-state index in [4.69, 9.17) is 10.8 Å². The third-order valence-corrected chi connectivity index (χ3v) is 6.85. The van der Waals surface area contributed by atoms with E-state index in [1.807, 2.05) is 19.9 Å². The molecule has 2 aromatic rings. The van der Waals surface area contributed by atoms with Crippen molar-refractivity contribution in [3.8, 4) is 11.3 Å². The molecule has 170 valence electrons. The molecule has 1 amide bonds. The fourth-order valence-electron chi connectivity index (χ4n) is 4.93. The summed E-state index contributed by atoms with van der Waals surface area (Å²) >= 11 is 0. The molecule has 2 aliphatic rings. The lowest BCUT2D eigenvalue weighted by Gasteiger charge is -2.24. The number of rotatable bonds is 4. The summed E-state index contributed by atoms with van der Waals surface area (Å²) in [6.07, 6.45) is 12.2. The number of benzene rings is 1. The highest BCUT2D eigenvalue weighted by Gasteiger charge is 2.22. The van der Waals surface area contributed by atoms with Crippen LogP contribution in [-0.2, 0) is 6.54 Å². The monoisotopic (exact) mass is 428 g/mol. The van der Waals surface area contributed by atoms with Crippen molar-refractivity contribution in [2.75, 3.05) is 0 Å². The second-order valence-electron chi connectivity index (χ2n) is 9.26. The quantitative estimate of drug-likeness (QED) is 0.636. The molecule has 1 aromatic heterocycles. The van der Waals surface area contributed by atoms with Crippen LogP contribution in [0.1, 0.15) is 85.8 Å². The number of halogens is 1. The molecule has 4 rings (SSSR count). The summed E-state index contributed by atoms with van der Waals surface area (Å²) in [5, 5.41) is 8.91. The van der Waals surface area contributed by atoms with Crippen LogP contribution in [0.4, 0.5) is 4.39 Å². The Balaban J connectivity index is 0.000000330. The Hall–Kier alpha value is -2.14. The normalized spacial score (nSPS) is 17.8. The maximum absolute atomic E-state index is 13.8. The molecule has 2 fully saturated rings. The van der Waals surface area contributed by atoms with Gasteiger partial charge < -0.3 is 15.4 Å². The summed E-state index contributed by atoms with van der Waals surface area (Å²) < 4.78 is 16.0. The van der Waals surface area contributed by atoms with Crippen LogP contribution in [-0.4, -0.2) is 21.7 Å². The number of aromatic nitrogens is 1. The van der Waals surface area contributed by atoms with Gasteiger partial charge in [0.05, 0.1) is 11.7 Å². The minimum Gasteiger partial charge on any atom is -0.393 e. The minimum absolute atomic E-state index is 0.0359. The average molecular weight is 429 g/mol. The van der Waals surface area contributed by atoms with E-state index >= 15 is 0 Å². The van der Waals surface area contributed by atoms with E-state index in [0.717, 1.165) is 41.9 Å². The van der Waals surface area contributed by atoms with Crippen molar-refractivity contribution in [3.63, 3.8) is 0 Å². The maximum atomic E-state index is 13.8. The molecule has 0 bridgehead atoms.